The summed E-state index contributed by atoms with van der Waals surface area (Å²) in [6.07, 6.45) is -11.5. The summed E-state index contributed by atoms with van der Waals surface area (Å²) >= 11 is 11.7. The van der Waals surface area contributed by atoms with Crippen LogP contribution >= 0.6 is 23.2 Å². The van der Waals surface area contributed by atoms with Crippen LogP contribution in [0, 0.1) is 0 Å². The Balaban J connectivity index is 2.51. The molecule has 1 amide bonds. The Bertz CT molecular complexity index is 783. The molecule has 148 valence electrons. The molecule has 1 fully saturated rings. The SMILES string of the molecule is O=C(c1c(Cl)cccc1Cl)N1CCCC1=C(OC(=O)C(F)(F)F)C(F)(F)F. The van der Waals surface area contributed by atoms with Crippen molar-refractivity contribution < 1.29 is 40.7 Å². The molecule has 0 atom stereocenters. The lowest BCUT2D eigenvalue weighted by Gasteiger charge is -2.23. The lowest BCUT2D eigenvalue weighted by Crippen LogP contribution is -2.34. The van der Waals surface area contributed by atoms with Crippen LogP contribution in [-0.2, 0) is 9.53 Å². The van der Waals surface area contributed by atoms with Crippen LogP contribution in [0.1, 0.15) is 23.2 Å². The van der Waals surface area contributed by atoms with Crippen molar-refractivity contribution >= 4 is 35.1 Å². The quantitative estimate of drug-likeness (QED) is 0.368. The second kappa shape index (κ2) is 7.59. The Hall–Kier alpha value is -1.94. The average Bonchev–Trinajstić information content (AvgIpc) is 2.98. The van der Waals surface area contributed by atoms with Gasteiger partial charge in [0.05, 0.1) is 21.3 Å². The van der Waals surface area contributed by atoms with E-state index in [1.807, 2.05) is 0 Å². The van der Waals surface area contributed by atoms with Gasteiger partial charge in [-0.25, -0.2) is 4.79 Å². The van der Waals surface area contributed by atoms with E-state index in [2.05, 4.69) is 4.74 Å². The first-order valence-corrected chi connectivity index (χ1v) is 7.95. The fourth-order valence-electron chi connectivity index (χ4n) is 2.40. The molecule has 1 aliphatic heterocycles. The van der Waals surface area contributed by atoms with Crippen LogP contribution in [0.25, 0.3) is 0 Å². The molecule has 1 aromatic rings. The zero-order valence-corrected chi connectivity index (χ0v) is 14.6. The van der Waals surface area contributed by atoms with Gasteiger partial charge in [-0.1, -0.05) is 29.3 Å². The molecule has 1 aromatic carbocycles. The van der Waals surface area contributed by atoms with Crippen molar-refractivity contribution in [3.8, 4) is 0 Å². The van der Waals surface area contributed by atoms with Gasteiger partial charge in [0.2, 0.25) is 5.76 Å². The van der Waals surface area contributed by atoms with Crippen LogP contribution < -0.4 is 0 Å². The number of esters is 1. The number of alkyl halides is 6. The van der Waals surface area contributed by atoms with Crippen molar-refractivity contribution in [2.75, 3.05) is 6.54 Å². The number of allylic oxidation sites excluding steroid dienone is 2. The highest BCUT2D eigenvalue weighted by molar-refractivity contribution is 6.39. The molecule has 2 rings (SSSR count). The number of likely N-dealkylation sites (tertiary alicyclic amines) is 1. The van der Waals surface area contributed by atoms with Crippen LogP contribution in [0.2, 0.25) is 10.0 Å². The zero-order chi connectivity index (χ0) is 20.6. The number of carbonyl (C=O) groups is 2. The van der Waals surface area contributed by atoms with E-state index in [0.717, 1.165) is 0 Å². The maximum atomic E-state index is 13.2. The van der Waals surface area contributed by atoms with E-state index in [1.165, 1.54) is 18.2 Å². The normalized spacial score (nSPS) is 17.1. The van der Waals surface area contributed by atoms with Gasteiger partial charge in [-0.05, 0) is 25.0 Å². The number of benzene rings is 1. The smallest absolute Gasteiger partial charge is 0.413 e. The summed E-state index contributed by atoms with van der Waals surface area (Å²) in [5.74, 6) is -6.29. The first-order chi connectivity index (χ1) is 12.3. The molecule has 27 heavy (non-hydrogen) atoms. The molecule has 0 radical (unpaired) electrons. The van der Waals surface area contributed by atoms with Crippen LogP contribution in [0.5, 0.6) is 0 Å². The van der Waals surface area contributed by atoms with Gasteiger partial charge in [0.1, 0.15) is 0 Å². The fourth-order valence-corrected chi connectivity index (χ4v) is 2.96. The summed E-state index contributed by atoms with van der Waals surface area (Å²) in [6.45, 7) is -0.251. The first-order valence-electron chi connectivity index (χ1n) is 7.19. The Labute approximate surface area is 158 Å². The van der Waals surface area contributed by atoms with Crippen LogP contribution in [0.15, 0.2) is 29.7 Å². The van der Waals surface area contributed by atoms with Crippen molar-refractivity contribution in [3.05, 3.63) is 45.3 Å². The number of nitrogens with zero attached hydrogens (tertiary/aromatic N) is 1. The summed E-state index contributed by atoms with van der Waals surface area (Å²) in [5.41, 5.74) is -1.22. The van der Waals surface area contributed by atoms with E-state index in [0.29, 0.717) is 4.90 Å². The molecular weight excluding hydrogens is 427 g/mol. The summed E-state index contributed by atoms with van der Waals surface area (Å²) in [5, 5.41) is -0.306. The molecule has 0 spiro atoms. The van der Waals surface area contributed by atoms with Gasteiger partial charge < -0.3 is 9.64 Å². The summed E-state index contributed by atoms with van der Waals surface area (Å²) in [7, 11) is 0. The van der Waals surface area contributed by atoms with Gasteiger partial charge in [0.15, 0.2) is 0 Å². The van der Waals surface area contributed by atoms with E-state index >= 15 is 0 Å². The monoisotopic (exact) mass is 435 g/mol. The highest BCUT2D eigenvalue weighted by Gasteiger charge is 2.49. The van der Waals surface area contributed by atoms with E-state index in [9.17, 15) is 35.9 Å². The minimum atomic E-state index is -5.64. The molecule has 0 unspecified atom stereocenters. The first kappa shape index (κ1) is 21.4. The highest BCUT2D eigenvalue weighted by Crippen LogP contribution is 2.38. The lowest BCUT2D eigenvalue weighted by molar-refractivity contribution is -0.206. The molecule has 1 saturated heterocycles. The standard InChI is InChI=1S/C15H9Cl2F6NO3/c16-7-3-1-4-8(17)10(7)12(25)24-6-2-5-9(24)11(14(18,19)20)27-13(26)15(21,22)23/h1,3-4H,2,5-6H2. The molecule has 4 nitrogen and oxygen atoms in total. The zero-order valence-electron chi connectivity index (χ0n) is 13.0. The van der Waals surface area contributed by atoms with Crippen molar-refractivity contribution in [2.45, 2.75) is 25.2 Å². The number of halogens is 8. The second-order valence-electron chi connectivity index (χ2n) is 5.32. The Kier molecular flexibility index (Phi) is 6.00. The molecule has 12 heteroatoms. The molecule has 1 aliphatic rings. The summed E-state index contributed by atoms with van der Waals surface area (Å²) in [4.78, 5) is 24.1. The predicted molar refractivity (Wildman–Crippen MR) is 82.0 cm³/mol. The molecule has 0 N–H and O–H groups in total. The van der Waals surface area contributed by atoms with Crippen LogP contribution in [0.4, 0.5) is 26.3 Å². The molecule has 0 bridgehead atoms. The fraction of sp³-hybridized carbons (Fsp3) is 0.333. The van der Waals surface area contributed by atoms with Crippen LogP contribution in [0.3, 0.4) is 0 Å². The van der Waals surface area contributed by atoms with E-state index < -0.39 is 42.1 Å². The number of hydrogen-bond donors (Lipinski definition) is 0. The van der Waals surface area contributed by atoms with Crippen molar-refractivity contribution in [1.82, 2.24) is 4.90 Å². The Morgan fingerprint density at radius 2 is 1.56 bits per heavy atom. The van der Waals surface area contributed by atoms with Crippen LogP contribution in [-0.4, -0.2) is 35.7 Å². The van der Waals surface area contributed by atoms with Gasteiger partial charge in [0.25, 0.3) is 5.91 Å². The number of hydrogen-bond acceptors (Lipinski definition) is 3. The largest absolute Gasteiger partial charge is 0.491 e. The van der Waals surface area contributed by atoms with E-state index in [-0.39, 0.29) is 28.6 Å². The maximum absolute atomic E-state index is 13.2. The Morgan fingerprint density at radius 3 is 2.04 bits per heavy atom. The van der Waals surface area contributed by atoms with Crippen molar-refractivity contribution in [3.63, 3.8) is 0 Å². The van der Waals surface area contributed by atoms with Crippen molar-refractivity contribution in [1.29, 1.82) is 0 Å². The van der Waals surface area contributed by atoms with Gasteiger partial charge in [-0.2, -0.15) is 26.3 Å². The second-order valence-corrected chi connectivity index (χ2v) is 6.13. The molecular formula is C15H9Cl2F6NO3. The molecule has 0 aliphatic carbocycles. The van der Waals surface area contributed by atoms with Gasteiger partial charge in [0, 0.05) is 6.54 Å². The Morgan fingerprint density at radius 1 is 1.00 bits per heavy atom. The number of ether oxygens (including phenoxy) is 1. The third-order valence-electron chi connectivity index (χ3n) is 3.49. The van der Waals surface area contributed by atoms with E-state index in [1.54, 1.807) is 0 Å². The summed E-state index contributed by atoms with van der Waals surface area (Å²) in [6, 6.07) is 3.94. The minimum Gasteiger partial charge on any atom is -0.413 e. The highest BCUT2D eigenvalue weighted by atomic mass is 35.5. The molecule has 0 aromatic heterocycles. The molecule has 0 saturated carbocycles. The number of amides is 1. The lowest BCUT2D eigenvalue weighted by atomic mass is 10.2. The van der Waals surface area contributed by atoms with Gasteiger partial charge in [-0.15, -0.1) is 0 Å². The summed E-state index contributed by atoms with van der Waals surface area (Å²) < 4.78 is 80.2. The van der Waals surface area contributed by atoms with Gasteiger partial charge in [-0.3, -0.25) is 4.79 Å². The predicted octanol–water partition coefficient (Wildman–Crippen LogP) is 5.11. The molecule has 1 heterocycles. The number of carbonyl (C=O) groups excluding carboxylic acids is 2. The third kappa shape index (κ3) is 4.67. The minimum absolute atomic E-state index is 0.00624. The maximum Gasteiger partial charge on any atom is 0.491 e. The third-order valence-corrected chi connectivity index (χ3v) is 4.12. The topological polar surface area (TPSA) is 46.6 Å². The average molecular weight is 436 g/mol. The van der Waals surface area contributed by atoms with Crippen molar-refractivity contribution in [2.24, 2.45) is 0 Å². The van der Waals surface area contributed by atoms with Gasteiger partial charge >= 0.3 is 18.3 Å². The van der Waals surface area contributed by atoms with E-state index in [4.69, 9.17) is 23.2 Å². The number of rotatable bonds is 2.